The maximum atomic E-state index is 12.4. The number of fused-ring (bicyclic) bond motifs is 1. The molecule has 0 spiro atoms. The second-order valence-corrected chi connectivity index (χ2v) is 9.63. The lowest BCUT2D eigenvalue weighted by atomic mass is 9.79. The van der Waals surface area contributed by atoms with E-state index in [-0.39, 0.29) is 47.4 Å². The van der Waals surface area contributed by atoms with Crippen molar-refractivity contribution in [2.75, 3.05) is 19.7 Å². The molecule has 2 saturated heterocycles. The van der Waals surface area contributed by atoms with Gasteiger partial charge in [-0.25, -0.2) is 4.79 Å². The molecule has 30 heavy (non-hydrogen) atoms. The van der Waals surface area contributed by atoms with E-state index in [1.165, 1.54) is 16.7 Å². The third kappa shape index (κ3) is 4.37. The minimum atomic E-state index is -1.13. The van der Waals surface area contributed by atoms with Crippen LogP contribution in [0.4, 0.5) is 0 Å². The first-order chi connectivity index (χ1) is 14.3. The normalized spacial score (nSPS) is 31.5. The van der Waals surface area contributed by atoms with Crippen LogP contribution in [0.5, 0.6) is 0 Å². The van der Waals surface area contributed by atoms with Gasteiger partial charge in [0.25, 0.3) is 0 Å². The maximum Gasteiger partial charge on any atom is 0.353 e. The number of amides is 2. The number of hydrogen-bond donors (Lipinski definition) is 5. The predicted octanol–water partition coefficient (Wildman–Crippen LogP) is -0.117. The third-order valence-electron chi connectivity index (χ3n) is 6.15. The van der Waals surface area contributed by atoms with E-state index in [4.69, 9.17) is 5.11 Å². The molecule has 3 aliphatic heterocycles. The van der Waals surface area contributed by atoms with E-state index in [1.807, 2.05) is 6.92 Å². The Morgan fingerprint density at radius 3 is 2.70 bits per heavy atom. The van der Waals surface area contributed by atoms with Gasteiger partial charge in [0.1, 0.15) is 5.70 Å². The number of thioether (sulfide) groups is 1. The molecule has 2 fully saturated rings. The highest BCUT2D eigenvalue weighted by Crippen LogP contribution is 2.51. The predicted molar refractivity (Wildman–Crippen MR) is 111 cm³/mol. The van der Waals surface area contributed by atoms with E-state index < -0.39 is 18.0 Å². The second kappa shape index (κ2) is 9.67. The average molecular weight is 442 g/mol. The summed E-state index contributed by atoms with van der Waals surface area (Å²) < 4.78 is 0. The van der Waals surface area contributed by atoms with Gasteiger partial charge in [-0.2, -0.15) is 0 Å². The third-order valence-corrected chi connectivity index (χ3v) is 7.66. The molecule has 0 aromatic carbocycles. The van der Waals surface area contributed by atoms with Gasteiger partial charge in [0.15, 0.2) is 0 Å². The van der Waals surface area contributed by atoms with Gasteiger partial charge in [-0.1, -0.05) is 6.92 Å². The summed E-state index contributed by atoms with van der Waals surface area (Å²) in [5.74, 6) is -2.27. The fourth-order valence-corrected chi connectivity index (χ4v) is 6.08. The van der Waals surface area contributed by atoms with Crippen molar-refractivity contribution < 1.29 is 29.7 Å². The molecule has 3 aliphatic rings. The Bertz CT molecular complexity index is 727. The monoisotopic (exact) mass is 441 g/mol. The highest BCUT2D eigenvalue weighted by atomic mass is 32.2. The van der Waals surface area contributed by atoms with E-state index in [0.717, 1.165) is 19.3 Å². The quantitative estimate of drug-likeness (QED) is 0.234. The van der Waals surface area contributed by atoms with Crippen LogP contribution in [0.2, 0.25) is 0 Å². The number of carboxylic acids is 1. The van der Waals surface area contributed by atoms with Gasteiger partial charge in [-0.3, -0.25) is 9.59 Å². The number of nitrogens with one attached hydrogen (secondary N) is 2. The molecule has 0 aromatic rings. The lowest BCUT2D eigenvalue weighted by Gasteiger charge is -2.46. The van der Waals surface area contributed by atoms with Crippen LogP contribution in [0.15, 0.2) is 10.6 Å². The zero-order chi connectivity index (χ0) is 22.0. The molecule has 3 rings (SSSR count). The highest BCUT2D eigenvalue weighted by Gasteiger charge is 2.60. The summed E-state index contributed by atoms with van der Waals surface area (Å²) in [7, 11) is 0. The average Bonchev–Trinajstić information content (AvgIpc) is 3.24. The fourth-order valence-electron chi connectivity index (χ4n) is 4.60. The number of carbonyl (C=O) groups is 3. The Balaban J connectivity index is 1.59. The van der Waals surface area contributed by atoms with E-state index >= 15 is 0 Å². The maximum absolute atomic E-state index is 12.4. The zero-order valence-electron chi connectivity index (χ0n) is 17.3. The van der Waals surface area contributed by atoms with E-state index in [9.17, 15) is 24.6 Å². The van der Waals surface area contributed by atoms with Crippen LogP contribution >= 0.6 is 11.8 Å². The molecule has 10 heteroatoms. The summed E-state index contributed by atoms with van der Waals surface area (Å²) >= 11 is 1.43. The Hall–Kier alpha value is -1.62. The van der Waals surface area contributed by atoms with Crippen LogP contribution in [0.1, 0.15) is 39.5 Å². The number of β-lactam (4-membered cyclic amide) rings is 1. The standard InChI is InChI=1S/C20H31N3O6S/c1-10-15-14(11(2)25)19(27)23(15)16(20(28)29)17(10)30-12-8-13(22-9-12)18(26)21-6-4-3-5-7-24/h10-15,22,24-25H,3-9H2,1-2H3,(H,21,26)(H,28,29)/t10-,11-,12+,13+,14-,15-/m1/s1. The Morgan fingerprint density at radius 2 is 2.07 bits per heavy atom. The minimum Gasteiger partial charge on any atom is -0.477 e. The molecule has 0 saturated carbocycles. The van der Waals surface area contributed by atoms with E-state index in [2.05, 4.69) is 10.6 Å². The van der Waals surface area contributed by atoms with Gasteiger partial charge in [-0.05, 0) is 32.6 Å². The van der Waals surface area contributed by atoms with Crippen molar-refractivity contribution in [3.8, 4) is 0 Å². The summed E-state index contributed by atoms with van der Waals surface area (Å²) in [4.78, 5) is 38.6. The first-order valence-corrected chi connectivity index (χ1v) is 11.4. The van der Waals surface area contributed by atoms with Crippen LogP contribution in [0, 0.1) is 11.8 Å². The SMILES string of the molecule is C[C@@H](O)[C@H]1C(=O)N2C(C(=O)O)=C(S[C@@H]3CN[C@H](C(=O)NCCCCCO)C3)[C@H](C)[C@H]12. The summed E-state index contributed by atoms with van der Waals surface area (Å²) in [6, 6.07) is -0.645. The van der Waals surface area contributed by atoms with Gasteiger partial charge in [-0.15, -0.1) is 11.8 Å². The number of rotatable bonds is 10. The van der Waals surface area contributed by atoms with Crippen LogP contribution in [-0.4, -0.2) is 81.1 Å². The summed E-state index contributed by atoms with van der Waals surface area (Å²) in [6.07, 6.45) is 2.17. The van der Waals surface area contributed by atoms with Gasteiger partial charge in [0.05, 0.1) is 24.1 Å². The largest absolute Gasteiger partial charge is 0.477 e. The van der Waals surface area contributed by atoms with Crippen molar-refractivity contribution in [1.29, 1.82) is 0 Å². The van der Waals surface area contributed by atoms with Crippen molar-refractivity contribution in [2.45, 2.75) is 63.0 Å². The Kier molecular flexibility index (Phi) is 7.43. The van der Waals surface area contributed by atoms with Crippen molar-refractivity contribution in [3.63, 3.8) is 0 Å². The number of aliphatic carboxylic acids is 1. The number of carboxylic acid groups (broad SMARTS) is 1. The molecule has 168 valence electrons. The zero-order valence-corrected chi connectivity index (χ0v) is 18.2. The van der Waals surface area contributed by atoms with E-state index in [0.29, 0.717) is 24.4 Å². The summed E-state index contributed by atoms with van der Waals surface area (Å²) in [5.41, 5.74) is 0.0242. The fraction of sp³-hybridized carbons (Fsp3) is 0.750. The van der Waals surface area contributed by atoms with Crippen LogP contribution in [0.3, 0.4) is 0 Å². The number of unbranched alkanes of at least 4 members (excludes halogenated alkanes) is 2. The minimum absolute atomic E-state index is 0.0242. The number of aliphatic hydroxyl groups is 2. The van der Waals surface area contributed by atoms with Crippen LogP contribution < -0.4 is 10.6 Å². The lowest BCUT2D eigenvalue weighted by molar-refractivity contribution is -0.163. The molecule has 5 N–H and O–H groups in total. The van der Waals surface area contributed by atoms with Gasteiger partial charge in [0, 0.05) is 35.8 Å². The number of carbonyl (C=O) groups excluding carboxylic acids is 2. The molecule has 3 heterocycles. The van der Waals surface area contributed by atoms with Gasteiger partial charge < -0.3 is 30.9 Å². The Labute approximate surface area is 180 Å². The molecule has 6 atom stereocenters. The topological polar surface area (TPSA) is 139 Å². The number of aliphatic hydroxyl groups excluding tert-OH is 2. The van der Waals surface area contributed by atoms with Crippen LogP contribution in [-0.2, 0) is 14.4 Å². The second-order valence-electron chi connectivity index (χ2n) is 8.28. The van der Waals surface area contributed by atoms with Crippen molar-refractivity contribution >= 4 is 29.5 Å². The molecule has 0 unspecified atom stereocenters. The first kappa shape index (κ1) is 23.1. The molecule has 0 radical (unpaired) electrons. The Morgan fingerprint density at radius 1 is 1.33 bits per heavy atom. The van der Waals surface area contributed by atoms with Gasteiger partial charge in [0.2, 0.25) is 11.8 Å². The number of nitrogens with zero attached hydrogens (tertiary/aromatic N) is 1. The lowest BCUT2D eigenvalue weighted by Crippen LogP contribution is -2.63. The van der Waals surface area contributed by atoms with Gasteiger partial charge >= 0.3 is 5.97 Å². The summed E-state index contributed by atoms with van der Waals surface area (Å²) in [6.45, 7) is 4.77. The summed E-state index contributed by atoms with van der Waals surface area (Å²) in [5, 5.41) is 34.6. The van der Waals surface area contributed by atoms with E-state index in [1.54, 1.807) is 6.92 Å². The highest BCUT2D eigenvalue weighted by molar-refractivity contribution is 8.03. The first-order valence-electron chi connectivity index (χ1n) is 10.5. The molecular weight excluding hydrogens is 410 g/mol. The molecule has 0 aromatic heterocycles. The molecule has 2 amide bonds. The molecular formula is C20H31N3O6S. The van der Waals surface area contributed by atoms with Crippen LogP contribution in [0.25, 0.3) is 0 Å². The van der Waals surface area contributed by atoms with Crippen molar-refractivity contribution in [3.05, 3.63) is 10.6 Å². The van der Waals surface area contributed by atoms with Crippen molar-refractivity contribution in [1.82, 2.24) is 15.5 Å². The molecule has 0 aliphatic carbocycles. The number of hydrogen-bond acceptors (Lipinski definition) is 7. The molecule has 9 nitrogen and oxygen atoms in total. The smallest absolute Gasteiger partial charge is 0.353 e. The van der Waals surface area contributed by atoms with Crippen molar-refractivity contribution in [2.24, 2.45) is 11.8 Å². The molecule has 0 bridgehead atoms.